The number of rotatable bonds is 4. The minimum absolute atomic E-state index is 0.101. The van der Waals surface area contributed by atoms with Crippen LogP contribution >= 0.6 is 0 Å². The number of halogens is 2. The zero-order valence-corrected chi connectivity index (χ0v) is 10.0. The van der Waals surface area contributed by atoms with Gasteiger partial charge in [0.05, 0.1) is 17.7 Å². The summed E-state index contributed by atoms with van der Waals surface area (Å²) in [7, 11) is 0. The Hall–Kier alpha value is -2.22. The van der Waals surface area contributed by atoms with Crippen molar-refractivity contribution in [2.24, 2.45) is 0 Å². The Bertz CT molecular complexity index is 540. The number of alkyl halides is 2. The second kappa shape index (κ2) is 4.81. The van der Waals surface area contributed by atoms with Crippen molar-refractivity contribution in [2.45, 2.75) is 18.8 Å². The molecule has 98 valence electrons. The summed E-state index contributed by atoms with van der Waals surface area (Å²) in [5.41, 5.74) is 0.334. The zero-order valence-electron chi connectivity index (χ0n) is 10.0. The molecule has 2 rings (SSSR count). The third-order valence-electron chi connectivity index (χ3n) is 2.90. The topological polar surface area (TPSA) is 37.4 Å². The highest BCUT2D eigenvalue weighted by Gasteiger charge is 2.41. The quantitative estimate of drug-likeness (QED) is 0.617. The van der Waals surface area contributed by atoms with Gasteiger partial charge in [-0.15, -0.1) is 12.3 Å². The summed E-state index contributed by atoms with van der Waals surface area (Å²) in [6.45, 7) is -0.930. The molecule has 0 atom stereocenters. The Morgan fingerprint density at radius 3 is 2.16 bits per heavy atom. The first-order valence-corrected chi connectivity index (χ1v) is 5.73. The number of hydrogen-bond donors (Lipinski definition) is 0. The maximum atomic E-state index is 13.6. The summed E-state index contributed by atoms with van der Waals surface area (Å²) in [5.74, 6) is -2.41. The first-order chi connectivity index (χ1) is 8.96. The lowest BCUT2D eigenvalue weighted by Gasteiger charge is -2.21. The summed E-state index contributed by atoms with van der Waals surface area (Å²) in [5, 5.41) is 0. The fraction of sp³-hybridized carbons (Fsp3) is 0.286. The Morgan fingerprint density at radius 2 is 1.68 bits per heavy atom. The van der Waals surface area contributed by atoms with Gasteiger partial charge in [0.1, 0.15) is 0 Å². The van der Waals surface area contributed by atoms with E-state index in [1.807, 2.05) is 0 Å². The Morgan fingerprint density at radius 1 is 1.16 bits per heavy atom. The highest BCUT2D eigenvalue weighted by Crippen LogP contribution is 2.28. The Balaban J connectivity index is 2.19. The molecule has 0 radical (unpaired) electrons. The molecule has 1 heterocycles. The van der Waals surface area contributed by atoms with Gasteiger partial charge in [0.25, 0.3) is 17.7 Å². The second-order valence-electron chi connectivity index (χ2n) is 4.30. The van der Waals surface area contributed by atoms with Gasteiger partial charge >= 0.3 is 0 Å². The van der Waals surface area contributed by atoms with Crippen LogP contribution in [0.4, 0.5) is 8.78 Å². The lowest BCUT2D eigenvalue weighted by Crippen LogP contribution is -2.40. The molecule has 0 aliphatic carbocycles. The van der Waals surface area contributed by atoms with Crippen molar-refractivity contribution in [3.63, 3.8) is 0 Å². The molecule has 1 aromatic rings. The number of carbonyl (C=O) groups is 2. The van der Waals surface area contributed by atoms with Crippen molar-refractivity contribution in [1.29, 1.82) is 0 Å². The van der Waals surface area contributed by atoms with Crippen LogP contribution in [0, 0.1) is 12.3 Å². The van der Waals surface area contributed by atoms with Crippen LogP contribution in [0.3, 0.4) is 0 Å². The Labute approximate surface area is 109 Å². The number of amides is 2. The van der Waals surface area contributed by atoms with E-state index in [2.05, 4.69) is 5.92 Å². The van der Waals surface area contributed by atoms with Crippen LogP contribution in [-0.2, 0) is 0 Å². The minimum Gasteiger partial charge on any atom is -0.269 e. The molecule has 0 aromatic heterocycles. The van der Waals surface area contributed by atoms with Gasteiger partial charge in [0.2, 0.25) is 0 Å². The van der Waals surface area contributed by atoms with Crippen molar-refractivity contribution in [3.8, 4) is 12.3 Å². The van der Waals surface area contributed by atoms with Crippen LogP contribution in [0.15, 0.2) is 24.3 Å². The zero-order chi connectivity index (χ0) is 14.0. The van der Waals surface area contributed by atoms with Gasteiger partial charge in [-0.25, -0.2) is 8.78 Å². The standard InChI is InChI=1S/C14H11F2NO2/c1-2-3-8-14(15,16)9-17-12(18)10-6-4-5-7-11(10)13(17)19/h1,4-7H,3,8-9H2. The molecule has 0 spiro atoms. The van der Waals surface area contributed by atoms with Gasteiger partial charge in [0.15, 0.2) is 0 Å². The lowest BCUT2D eigenvalue weighted by atomic mass is 10.1. The molecule has 1 aliphatic rings. The van der Waals surface area contributed by atoms with Crippen LogP contribution in [0.25, 0.3) is 0 Å². The third-order valence-corrected chi connectivity index (χ3v) is 2.90. The smallest absolute Gasteiger partial charge is 0.266 e. The molecule has 5 heteroatoms. The van der Waals surface area contributed by atoms with Crippen LogP contribution in [0.5, 0.6) is 0 Å². The molecule has 1 aromatic carbocycles. The monoisotopic (exact) mass is 263 g/mol. The molecule has 19 heavy (non-hydrogen) atoms. The summed E-state index contributed by atoms with van der Waals surface area (Å²) >= 11 is 0. The molecule has 0 bridgehead atoms. The highest BCUT2D eigenvalue weighted by molar-refractivity contribution is 6.21. The van der Waals surface area contributed by atoms with Gasteiger partial charge in [-0.05, 0) is 12.1 Å². The maximum Gasteiger partial charge on any atom is 0.266 e. The van der Waals surface area contributed by atoms with Crippen LogP contribution in [-0.4, -0.2) is 29.2 Å². The predicted molar refractivity (Wildman–Crippen MR) is 64.8 cm³/mol. The lowest BCUT2D eigenvalue weighted by molar-refractivity contribution is -0.0279. The predicted octanol–water partition coefficient (Wildman–Crippen LogP) is 2.33. The summed E-state index contributed by atoms with van der Waals surface area (Å²) < 4.78 is 27.2. The molecule has 0 saturated carbocycles. The molecular weight excluding hydrogens is 252 g/mol. The van der Waals surface area contributed by atoms with Gasteiger partial charge in [0, 0.05) is 12.8 Å². The second-order valence-corrected chi connectivity index (χ2v) is 4.30. The molecule has 0 unspecified atom stereocenters. The average Bonchev–Trinajstić information content (AvgIpc) is 2.62. The van der Waals surface area contributed by atoms with Crippen LogP contribution in [0.1, 0.15) is 33.6 Å². The normalized spacial score (nSPS) is 14.5. The van der Waals surface area contributed by atoms with Crippen molar-refractivity contribution < 1.29 is 18.4 Å². The molecule has 0 saturated heterocycles. The van der Waals surface area contributed by atoms with Crippen LogP contribution < -0.4 is 0 Å². The summed E-state index contributed by atoms with van der Waals surface area (Å²) in [4.78, 5) is 24.4. The highest BCUT2D eigenvalue weighted by atomic mass is 19.3. The summed E-state index contributed by atoms with van der Waals surface area (Å²) in [6, 6.07) is 6.08. The van der Waals surface area contributed by atoms with E-state index in [0.29, 0.717) is 4.90 Å². The first kappa shape index (κ1) is 13.2. The number of benzene rings is 1. The van der Waals surface area contributed by atoms with E-state index in [9.17, 15) is 18.4 Å². The Kier molecular flexibility index (Phi) is 3.34. The summed E-state index contributed by atoms with van der Waals surface area (Å²) in [6.07, 6.45) is 4.29. The van der Waals surface area contributed by atoms with Crippen molar-refractivity contribution in [3.05, 3.63) is 35.4 Å². The number of fused-ring (bicyclic) bond motifs is 1. The van der Waals surface area contributed by atoms with E-state index in [1.165, 1.54) is 12.1 Å². The average molecular weight is 263 g/mol. The van der Waals surface area contributed by atoms with Crippen molar-refractivity contribution in [1.82, 2.24) is 4.90 Å². The van der Waals surface area contributed by atoms with E-state index < -0.39 is 30.7 Å². The third kappa shape index (κ3) is 2.48. The molecule has 0 N–H and O–H groups in total. The number of imide groups is 1. The molecule has 0 fully saturated rings. The minimum atomic E-state index is -3.17. The van der Waals surface area contributed by atoms with Gasteiger partial charge in [-0.3, -0.25) is 14.5 Å². The fourth-order valence-corrected chi connectivity index (χ4v) is 1.95. The van der Waals surface area contributed by atoms with E-state index in [-0.39, 0.29) is 17.5 Å². The van der Waals surface area contributed by atoms with Gasteiger partial charge < -0.3 is 0 Å². The van der Waals surface area contributed by atoms with Crippen molar-refractivity contribution in [2.75, 3.05) is 6.54 Å². The first-order valence-electron chi connectivity index (χ1n) is 5.73. The maximum absolute atomic E-state index is 13.6. The number of hydrogen-bond acceptors (Lipinski definition) is 2. The van der Waals surface area contributed by atoms with Crippen molar-refractivity contribution >= 4 is 11.8 Å². The molecule has 3 nitrogen and oxygen atoms in total. The largest absolute Gasteiger partial charge is 0.269 e. The number of nitrogens with zero attached hydrogens (tertiary/aromatic N) is 1. The van der Waals surface area contributed by atoms with E-state index in [0.717, 1.165) is 0 Å². The van der Waals surface area contributed by atoms with Crippen LogP contribution in [0.2, 0.25) is 0 Å². The van der Waals surface area contributed by atoms with E-state index in [4.69, 9.17) is 6.42 Å². The van der Waals surface area contributed by atoms with E-state index in [1.54, 1.807) is 12.1 Å². The van der Waals surface area contributed by atoms with Gasteiger partial charge in [-0.2, -0.15) is 0 Å². The molecular formula is C14H11F2NO2. The molecule has 1 aliphatic heterocycles. The fourth-order valence-electron chi connectivity index (χ4n) is 1.95. The number of terminal acetylenes is 1. The SMILES string of the molecule is C#CCCC(F)(F)CN1C(=O)c2ccccc2C1=O. The number of carbonyl (C=O) groups excluding carboxylic acids is 2. The van der Waals surface area contributed by atoms with Gasteiger partial charge in [-0.1, -0.05) is 12.1 Å². The van der Waals surface area contributed by atoms with E-state index >= 15 is 0 Å². The molecule has 2 amide bonds.